The number of hydrogen-bond acceptors (Lipinski definition) is 3. The van der Waals surface area contributed by atoms with E-state index in [1.807, 2.05) is 30.3 Å². The Labute approximate surface area is 279 Å². The summed E-state index contributed by atoms with van der Waals surface area (Å²) in [5, 5.41) is 9.95. The Morgan fingerprint density at radius 1 is 0.622 bits per heavy atom. The lowest BCUT2D eigenvalue weighted by molar-refractivity contribution is -0.122. The molecule has 45 heavy (non-hydrogen) atoms. The average Bonchev–Trinajstić information content (AvgIpc) is 3.03. The molecule has 7 heteroatoms. The first-order valence-corrected chi connectivity index (χ1v) is 16.5. The second-order valence-corrected chi connectivity index (χ2v) is 11.0. The molecule has 0 radical (unpaired) electrons. The third kappa shape index (κ3) is 17.9. The number of benzene rings is 2. The number of anilines is 2. The Kier molecular flexibility index (Phi) is 20.4. The second-order valence-electron chi connectivity index (χ2n) is 10.2. The van der Waals surface area contributed by atoms with Crippen molar-refractivity contribution in [3.63, 3.8) is 0 Å². The van der Waals surface area contributed by atoms with E-state index in [1.165, 1.54) is 0 Å². The van der Waals surface area contributed by atoms with Crippen LogP contribution >= 0.6 is 23.2 Å². The van der Waals surface area contributed by atoms with Gasteiger partial charge in [0.2, 0.25) is 11.8 Å². The van der Waals surface area contributed by atoms with Crippen molar-refractivity contribution in [2.24, 2.45) is 0 Å². The van der Waals surface area contributed by atoms with Crippen molar-refractivity contribution in [3.05, 3.63) is 131 Å². The summed E-state index contributed by atoms with van der Waals surface area (Å²) < 4.78 is 0. The average molecular weight is 649 g/mol. The van der Waals surface area contributed by atoms with E-state index in [9.17, 15) is 9.59 Å². The van der Waals surface area contributed by atoms with E-state index in [-0.39, 0.29) is 18.2 Å². The molecule has 240 valence electrons. The van der Waals surface area contributed by atoms with Gasteiger partial charge in [-0.2, -0.15) is 0 Å². The van der Waals surface area contributed by atoms with Crippen molar-refractivity contribution in [2.75, 3.05) is 18.4 Å². The number of carbonyl (C=O) groups is 2. The molecule has 2 rings (SSSR count). The van der Waals surface area contributed by atoms with Crippen LogP contribution in [0.3, 0.4) is 0 Å². The monoisotopic (exact) mass is 647 g/mol. The van der Waals surface area contributed by atoms with Crippen LogP contribution in [-0.2, 0) is 16.0 Å². The van der Waals surface area contributed by atoms with Gasteiger partial charge in [-0.3, -0.25) is 9.59 Å². The van der Waals surface area contributed by atoms with Crippen molar-refractivity contribution in [3.8, 4) is 0 Å². The molecule has 0 aromatic heterocycles. The Morgan fingerprint density at radius 3 is 1.67 bits per heavy atom. The van der Waals surface area contributed by atoms with Gasteiger partial charge in [-0.15, -0.1) is 0 Å². The van der Waals surface area contributed by atoms with Crippen molar-refractivity contribution >= 4 is 46.4 Å². The Bertz CT molecular complexity index is 1320. The molecular weight excluding hydrogens is 601 g/mol. The molecule has 2 amide bonds. The number of hydrogen-bond donors (Lipinski definition) is 3. The summed E-state index contributed by atoms with van der Waals surface area (Å²) in [6.07, 6.45) is 33.1. The zero-order valence-electron chi connectivity index (χ0n) is 26.3. The molecule has 0 heterocycles. The fourth-order valence-electron chi connectivity index (χ4n) is 4.13. The summed E-state index contributed by atoms with van der Waals surface area (Å²) >= 11 is 12.6. The van der Waals surface area contributed by atoms with E-state index < -0.39 is 0 Å². The van der Waals surface area contributed by atoms with Gasteiger partial charge in [0.05, 0.1) is 22.2 Å². The van der Waals surface area contributed by atoms with Crippen LogP contribution in [0.25, 0.3) is 0 Å². The van der Waals surface area contributed by atoms with Gasteiger partial charge in [0.1, 0.15) is 0 Å². The fraction of sp³-hybridized carbons (Fsp3) is 0.316. The number of allylic oxidation sites excluding steroid dienone is 12. The highest BCUT2D eigenvalue weighted by atomic mass is 35.5. The van der Waals surface area contributed by atoms with Crippen LogP contribution in [0.15, 0.2) is 115 Å². The van der Waals surface area contributed by atoms with Crippen LogP contribution in [0.4, 0.5) is 11.4 Å². The Hall–Kier alpha value is -3.80. The maximum absolute atomic E-state index is 12.5. The van der Waals surface area contributed by atoms with E-state index in [2.05, 4.69) is 89.7 Å². The first-order chi connectivity index (χ1) is 22.0. The van der Waals surface area contributed by atoms with Crippen LogP contribution in [0, 0.1) is 0 Å². The maximum Gasteiger partial charge on any atom is 0.224 e. The predicted octanol–water partition coefficient (Wildman–Crippen LogP) is 9.99. The van der Waals surface area contributed by atoms with Gasteiger partial charge in [-0.25, -0.2) is 0 Å². The molecule has 5 nitrogen and oxygen atoms in total. The van der Waals surface area contributed by atoms with Crippen LogP contribution in [-0.4, -0.2) is 24.9 Å². The number of carbonyl (C=O) groups excluding carboxylic acids is 2. The number of nitrogens with one attached hydrogen (secondary N) is 3. The third-order valence-electron chi connectivity index (χ3n) is 6.49. The van der Waals surface area contributed by atoms with Gasteiger partial charge in [0.25, 0.3) is 0 Å². The van der Waals surface area contributed by atoms with Gasteiger partial charge >= 0.3 is 0 Å². The van der Waals surface area contributed by atoms with Crippen molar-refractivity contribution in [2.45, 2.75) is 64.7 Å². The molecule has 3 N–H and O–H groups in total. The number of para-hydroxylation sites is 2. The molecule has 0 aliphatic rings. The molecule has 2 aromatic carbocycles. The van der Waals surface area contributed by atoms with E-state index in [0.717, 1.165) is 49.8 Å². The standard InChI is InChI=1S/C38H47Cl2N3O2/c1-2-3-4-5-6-7-8-9-10-11-12-13-14-15-16-17-18-19-20-28-36(44)41-29-30-42-37(45)31-32-24-21-22-27-35(32)43-38-33(39)25-23-26-34(38)40/h3-4,6-7,9-10,12-13,15-16,18-19,21-27,43H,2,5,8,11,14,17,20,28-31H2,1H3,(H,41,44)(H,42,45)/b4-3-,7-6-,10-9-,13-12-,16-15-,19-18-. The van der Waals surface area contributed by atoms with Crippen LogP contribution in [0.1, 0.15) is 63.9 Å². The van der Waals surface area contributed by atoms with Crippen molar-refractivity contribution < 1.29 is 9.59 Å². The number of halogens is 2. The Morgan fingerprint density at radius 2 is 1.11 bits per heavy atom. The SMILES string of the molecule is CC/C=C\C/C=C\C/C=C\C/C=C\C/C=C\C/C=C\CCC(=O)NCCNC(=O)Cc1ccccc1Nc1c(Cl)cccc1Cl. The lowest BCUT2D eigenvalue weighted by Crippen LogP contribution is -2.35. The van der Waals surface area contributed by atoms with E-state index in [4.69, 9.17) is 23.2 Å². The van der Waals surface area contributed by atoms with Crippen LogP contribution < -0.4 is 16.0 Å². The molecule has 0 aliphatic carbocycles. The minimum atomic E-state index is -0.137. The molecule has 0 bridgehead atoms. The molecule has 0 saturated carbocycles. The summed E-state index contributed by atoms with van der Waals surface area (Å²) in [5.74, 6) is -0.170. The minimum Gasteiger partial charge on any atom is -0.354 e. The van der Waals surface area contributed by atoms with Gasteiger partial charge in [-0.05, 0) is 68.7 Å². The fourth-order valence-corrected chi connectivity index (χ4v) is 4.62. The molecule has 0 fully saturated rings. The molecule has 2 aromatic rings. The van der Waals surface area contributed by atoms with Crippen molar-refractivity contribution in [1.82, 2.24) is 10.6 Å². The normalized spacial score (nSPS) is 12.1. The summed E-state index contributed by atoms with van der Waals surface area (Å²) in [5.41, 5.74) is 2.16. The maximum atomic E-state index is 12.5. The summed E-state index contributed by atoms with van der Waals surface area (Å²) in [7, 11) is 0. The molecule has 0 aliphatic heterocycles. The van der Waals surface area contributed by atoms with Crippen LogP contribution in [0.5, 0.6) is 0 Å². The van der Waals surface area contributed by atoms with Gasteiger partial charge in [0.15, 0.2) is 0 Å². The summed E-state index contributed by atoms with van der Waals surface area (Å²) in [6.45, 7) is 2.88. The largest absolute Gasteiger partial charge is 0.354 e. The van der Waals surface area contributed by atoms with E-state index in [1.54, 1.807) is 18.2 Å². The molecular formula is C38H47Cl2N3O2. The topological polar surface area (TPSA) is 70.2 Å². The highest BCUT2D eigenvalue weighted by Crippen LogP contribution is 2.33. The van der Waals surface area contributed by atoms with Crippen LogP contribution in [0.2, 0.25) is 10.0 Å². The summed E-state index contributed by atoms with van der Waals surface area (Å²) in [6, 6.07) is 12.8. The lowest BCUT2D eigenvalue weighted by Gasteiger charge is -2.14. The number of amides is 2. The first-order valence-electron chi connectivity index (χ1n) is 15.7. The molecule has 0 saturated heterocycles. The lowest BCUT2D eigenvalue weighted by atomic mass is 10.1. The molecule has 0 atom stereocenters. The predicted molar refractivity (Wildman–Crippen MR) is 193 cm³/mol. The first kappa shape index (κ1) is 37.4. The molecule has 0 unspecified atom stereocenters. The van der Waals surface area contributed by atoms with E-state index >= 15 is 0 Å². The second kappa shape index (κ2) is 24.5. The molecule has 0 spiro atoms. The van der Waals surface area contributed by atoms with Gasteiger partial charge in [-0.1, -0.05) is 127 Å². The van der Waals surface area contributed by atoms with Crippen molar-refractivity contribution in [1.29, 1.82) is 0 Å². The quantitative estimate of drug-likeness (QED) is 0.0932. The highest BCUT2D eigenvalue weighted by Gasteiger charge is 2.11. The third-order valence-corrected chi connectivity index (χ3v) is 7.12. The highest BCUT2D eigenvalue weighted by molar-refractivity contribution is 6.39. The smallest absolute Gasteiger partial charge is 0.224 e. The summed E-state index contributed by atoms with van der Waals surface area (Å²) in [4.78, 5) is 24.6. The minimum absolute atomic E-state index is 0.0325. The van der Waals surface area contributed by atoms with Gasteiger partial charge in [0, 0.05) is 25.2 Å². The van der Waals surface area contributed by atoms with E-state index in [0.29, 0.717) is 41.7 Å². The zero-order chi connectivity index (χ0) is 32.4. The Balaban J connectivity index is 1.52. The number of rotatable bonds is 21. The van der Waals surface area contributed by atoms with Gasteiger partial charge < -0.3 is 16.0 Å². The zero-order valence-corrected chi connectivity index (χ0v) is 27.8.